The van der Waals surface area contributed by atoms with E-state index < -0.39 is 11.8 Å². The Morgan fingerprint density at radius 1 is 1.40 bits per heavy atom. The van der Waals surface area contributed by atoms with Crippen molar-refractivity contribution in [2.75, 3.05) is 38.8 Å². The minimum Gasteiger partial charge on any atom is -0.465 e. The predicted molar refractivity (Wildman–Crippen MR) is 74.0 cm³/mol. The van der Waals surface area contributed by atoms with Crippen molar-refractivity contribution in [2.24, 2.45) is 0 Å². The number of nitrogens with two attached hydrogens (primary N) is 1. The van der Waals surface area contributed by atoms with Crippen molar-refractivity contribution in [1.82, 2.24) is 4.90 Å². The number of nitrogens with one attached hydrogen (secondary N) is 1. The summed E-state index contributed by atoms with van der Waals surface area (Å²) in [6, 6.07) is 2.32. The fraction of sp³-hybridized carbons (Fsp3) is 0.385. The van der Waals surface area contributed by atoms with Crippen molar-refractivity contribution < 1.29 is 18.7 Å². The van der Waals surface area contributed by atoms with Crippen LogP contribution in [-0.4, -0.2) is 44.5 Å². The molecule has 0 aliphatic carbocycles. The maximum atomic E-state index is 13.7. The van der Waals surface area contributed by atoms with Crippen LogP contribution in [0.4, 0.5) is 15.8 Å². The summed E-state index contributed by atoms with van der Waals surface area (Å²) in [4.78, 5) is 24.3. The number of esters is 1. The summed E-state index contributed by atoms with van der Waals surface area (Å²) in [5.41, 5.74) is 5.74. The second-order valence-electron chi connectivity index (χ2n) is 4.38. The summed E-state index contributed by atoms with van der Waals surface area (Å²) < 4.78 is 18.2. The molecular formula is C13H18FN3O3. The second kappa shape index (κ2) is 6.74. The van der Waals surface area contributed by atoms with Gasteiger partial charge in [0.15, 0.2) is 0 Å². The lowest BCUT2D eigenvalue weighted by Gasteiger charge is -2.13. The number of nitrogens with zero attached hydrogens (tertiary/aromatic N) is 1. The number of halogens is 1. The zero-order chi connectivity index (χ0) is 15.3. The molecular weight excluding hydrogens is 265 g/mol. The molecule has 1 rings (SSSR count). The Morgan fingerprint density at radius 3 is 2.60 bits per heavy atom. The van der Waals surface area contributed by atoms with E-state index in [0.717, 1.165) is 6.07 Å². The summed E-state index contributed by atoms with van der Waals surface area (Å²) in [6.45, 7) is 0.248. The molecule has 0 aromatic heterocycles. The zero-order valence-electron chi connectivity index (χ0n) is 11.7. The highest BCUT2D eigenvalue weighted by Gasteiger charge is 2.14. The standard InChI is InChI=1S/C13H18FN3O3/c1-17(2)12(18)4-5-16-11-6-8(13(19)20-3)10(15)7-9(11)14/h6-7,16H,4-5,15H2,1-3H3. The Balaban J connectivity index is 2.80. The lowest BCUT2D eigenvalue weighted by Crippen LogP contribution is -2.24. The van der Waals surface area contributed by atoms with E-state index in [1.807, 2.05) is 0 Å². The minimum atomic E-state index is -0.644. The smallest absolute Gasteiger partial charge is 0.340 e. The molecule has 0 saturated heterocycles. The van der Waals surface area contributed by atoms with Crippen LogP contribution >= 0.6 is 0 Å². The Kier molecular flexibility index (Phi) is 5.31. The minimum absolute atomic E-state index is 0.00395. The number of hydrogen-bond acceptors (Lipinski definition) is 5. The third kappa shape index (κ3) is 3.84. The van der Waals surface area contributed by atoms with Crippen LogP contribution in [0.5, 0.6) is 0 Å². The van der Waals surface area contributed by atoms with E-state index in [-0.39, 0.29) is 35.8 Å². The molecule has 0 bridgehead atoms. The Morgan fingerprint density at radius 2 is 2.05 bits per heavy atom. The van der Waals surface area contributed by atoms with Crippen molar-refractivity contribution in [2.45, 2.75) is 6.42 Å². The highest BCUT2D eigenvalue weighted by molar-refractivity contribution is 5.96. The summed E-state index contributed by atoms with van der Waals surface area (Å²) in [6.07, 6.45) is 0.213. The Hall–Kier alpha value is -2.31. The number of methoxy groups -OCH3 is 1. The number of amides is 1. The normalized spacial score (nSPS) is 10.0. The molecule has 0 spiro atoms. The lowest BCUT2D eigenvalue weighted by atomic mass is 10.1. The van der Waals surface area contributed by atoms with Crippen LogP contribution in [0.15, 0.2) is 12.1 Å². The highest BCUT2D eigenvalue weighted by Crippen LogP contribution is 2.22. The fourth-order valence-electron chi connectivity index (χ4n) is 1.54. The predicted octanol–water partition coefficient (Wildman–Crippen LogP) is 1.08. The number of anilines is 2. The van der Waals surface area contributed by atoms with Gasteiger partial charge in [-0.1, -0.05) is 0 Å². The summed E-state index contributed by atoms with van der Waals surface area (Å²) in [5.74, 6) is -1.32. The van der Waals surface area contributed by atoms with Gasteiger partial charge in [0.25, 0.3) is 0 Å². The van der Waals surface area contributed by atoms with Crippen molar-refractivity contribution >= 4 is 23.3 Å². The molecule has 0 heterocycles. The molecule has 0 unspecified atom stereocenters. The number of benzene rings is 1. The van der Waals surface area contributed by atoms with Crippen LogP contribution in [0, 0.1) is 5.82 Å². The van der Waals surface area contributed by atoms with Gasteiger partial charge in [-0.15, -0.1) is 0 Å². The Bertz CT molecular complexity index is 518. The van der Waals surface area contributed by atoms with Crippen molar-refractivity contribution in [3.63, 3.8) is 0 Å². The van der Waals surface area contributed by atoms with Gasteiger partial charge in [0.2, 0.25) is 5.91 Å². The van der Waals surface area contributed by atoms with Crippen LogP contribution in [0.3, 0.4) is 0 Å². The van der Waals surface area contributed by atoms with Gasteiger partial charge in [-0.25, -0.2) is 9.18 Å². The average Bonchev–Trinajstić information content (AvgIpc) is 2.39. The van der Waals surface area contributed by atoms with Crippen LogP contribution in [0.25, 0.3) is 0 Å². The van der Waals surface area contributed by atoms with E-state index >= 15 is 0 Å². The van der Waals surface area contributed by atoms with Gasteiger partial charge in [0.1, 0.15) is 5.82 Å². The molecule has 6 nitrogen and oxygen atoms in total. The monoisotopic (exact) mass is 283 g/mol. The molecule has 110 valence electrons. The lowest BCUT2D eigenvalue weighted by molar-refractivity contribution is -0.128. The molecule has 0 aliphatic rings. The molecule has 0 fully saturated rings. The summed E-state index contributed by atoms with van der Waals surface area (Å²) in [5, 5.41) is 2.76. The number of nitrogen functional groups attached to an aromatic ring is 1. The molecule has 0 aliphatic heterocycles. The highest BCUT2D eigenvalue weighted by atomic mass is 19.1. The molecule has 7 heteroatoms. The first-order chi connectivity index (χ1) is 9.36. The van der Waals surface area contributed by atoms with Gasteiger partial charge in [-0.05, 0) is 12.1 Å². The van der Waals surface area contributed by atoms with Gasteiger partial charge in [0, 0.05) is 32.7 Å². The quantitative estimate of drug-likeness (QED) is 0.624. The molecule has 0 radical (unpaired) electrons. The summed E-state index contributed by atoms with van der Waals surface area (Å²) in [7, 11) is 4.50. The van der Waals surface area contributed by atoms with E-state index in [1.165, 1.54) is 18.1 Å². The van der Waals surface area contributed by atoms with Crippen LogP contribution in [0.1, 0.15) is 16.8 Å². The van der Waals surface area contributed by atoms with Crippen LogP contribution in [-0.2, 0) is 9.53 Å². The van der Waals surface area contributed by atoms with Crippen molar-refractivity contribution in [3.8, 4) is 0 Å². The van der Waals surface area contributed by atoms with E-state index in [1.54, 1.807) is 14.1 Å². The Labute approximate surface area is 116 Å². The average molecular weight is 283 g/mol. The number of carbonyl (C=O) groups is 2. The third-order valence-corrected chi connectivity index (χ3v) is 2.70. The van der Waals surface area contributed by atoms with E-state index in [9.17, 15) is 14.0 Å². The fourth-order valence-corrected chi connectivity index (χ4v) is 1.54. The number of rotatable bonds is 5. The van der Waals surface area contributed by atoms with E-state index in [4.69, 9.17) is 5.73 Å². The number of ether oxygens (including phenoxy) is 1. The molecule has 0 atom stereocenters. The SMILES string of the molecule is COC(=O)c1cc(NCCC(=O)N(C)C)c(F)cc1N. The number of carbonyl (C=O) groups excluding carboxylic acids is 2. The first kappa shape index (κ1) is 15.7. The zero-order valence-corrected chi connectivity index (χ0v) is 11.7. The maximum Gasteiger partial charge on any atom is 0.340 e. The van der Waals surface area contributed by atoms with Crippen molar-refractivity contribution in [3.05, 3.63) is 23.5 Å². The largest absolute Gasteiger partial charge is 0.465 e. The number of hydrogen-bond donors (Lipinski definition) is 2. The molecule has 20 heavy (non-hydrogen) atoms. The maximum absolute atomic E-state index is 13.7. The first-order valence-corrected chi connectivity index (χ1v) is 5.98. The van der Waals surface area contributed by atoms with Crippen LogP contribution < -0.4 is 11.1 Å². The topological polar surface area (TPSA) is 84.7 Å². The van der Waals surface area contributed by atoms with Gasteiger partial charge in [0.05, 0.1) is 18.4 Å². The molecule has 3 N–H and O–H groups in total. The van der Waals surface area contributed by atoms with Gasteiger partial charge < -0.3 is 20.7 Å². The molecule has 1 aromatic rings. The van der Waals surface area contributed by atoms with Crippen LogP contribution in [0.2, 0.25) is 0 Å². The molecule has 1 aromatic carbocycles. The third-order valence-electron chi connectivity index (χ3n) is 2.70. The van der Waals surface area contributed by atoms with Gasteiger partial charge in [-0.2, -0.15) is 0 Å². The summed E-state index contributed by atoms with van der Waals surface area (Å²) >= 11 is 0. The van der Waals surface area contributed by atoms with Gasteiger partial charge in [-0.3, -0.25) is 4.79 Å². The van der Waals surface area contributed by atoms with Gasteiger partial charge >= 0.3 is 5.97 Å². The first-order valence-electron chi connectivity index (χ1n) is 5.98. The molecule has 0 saturated carbocycles. The van der Waals surface area contributed by atoms with Crippen molar-refractivity contribution in [1.29, 1.82) is 0 Å². The van der Waals surface area contributed by atoms with E-state index in [2.05, 4.69) is 10.1 Å². The van der Waals surface area contributed by atoms with E-state index in [0.29, 0.717) is 0 Å². The second-order valence-corrected chi connectivity index (χ2v) is 4.38. The molecule has 1 amide bonds.